The molecule has 0 aromatic heterocycles. The lowest BCUT2D eigenvalue weighted by atomic mass is 9.98. The largest absolute Gasteiger partial charge is 0.508 e. The highest BCUT2D eigenvalue weighted by Crippen LogP contribution is 2.36. The molecule has 14 heavy (non-hydrogen) atoms. The van der Waals surface area contributed by atoms with Crippen molar-refractivity contribution in [1.82, 2.24) is 0 Å². The van der Waals surface area contributed by atoms with Crippen molar-refractivity contribution in [2.45, 2.75) is 5.92 Å². The molecule has 0 aliphatic heterocycles. The Kier molecular flexibility index (Phi) is 3.16. The van der Waals surface area contributed by atoms with Gasteiger partial charge >= 0.3 is 0 Å². The van der Waals surface area contributed by atoms with Gasteiger partial charge in [0.25, 0.3) is 0 Å². The quantitative estimate of drug-likeness (QED) is 0.465. The molecule has 0 bridgehead atoms. The van der Waals surface area contributed by atoms with Gasteiger partial charge < -0.3 is 26.2 Å². The van der Waals surface area contributed by atoms with E-state index in [-0.39, 0.29) is 36.0 Å². The van der Waals surface area contributed by atoms with Gasteiger partial charge in [0.1, 0.15) is 17.2 Å². The standard InChI is InChI=1S/C9H13NO4/c10-3-5(4-11)9-7(13)1-6(12)2-8(9)14/h1-2,5,11-14H,3-4,10H2. The molecule has 1 atom stereocenters. The number of nitrogens with two attached hydrogens (primary N) is 1. The van der Waals surface area contributed by atoms with Gasteiger partial charge in [0, 0.05) is 30.2 Å². The van der Waals surface area contributed by atoms with Crippen molar-refractivity contribution in [3.8, 4) is 17.2 Å². The summed E-state index contributed by atoms with van der Waals surface area (Å²) >= 11 is 0. The highest BCUT2D eigenvalue weighted by molar-refractivity contribution is 5.50. The van der Waals surface area contributed by atoms with Gasteiger partial charge in [0.15, 0.2) is 0 Å². The van der Waals surface area contributed by atoms with Gasteiger partial charge in [-0.15, -0.1) is 0 Å². The number of aromatic hydroxyl groups is 3. The second-order valence-electron chi connectivity index (χ2n) is 3.01. The summed E-state index contributed by atoms with van der Waals surface area (Å²) < 4.78 is 0. The predicted octanol–water partition coefficient (Wildman–Crippen LogP) is -0.162. The van der Waals surface area contributed by atoms with Crippen LogP contribution >= 0.6 is 0 Å². The summed E-state index contributed by atoms with van der Waals surface area (Å²) in [5.41, 5.74) is 5.51. The molecule has 0 amide bonds. The Morgan fingerprint density at radius 3 is 2.00 bits per heavy atom. The van der Waals surface area contributed by atoms with Crippen LogP contribution in [0.2, 0.25) is 0 Å². The van der Waals surface area contributed by atoms with Crippen molar-refractivity contribution < 1.29 is 20.4 Å². The van der Waals surface area contributed by atoms with Crippen LogP contribution in [0.1, 0.15) is 11.5 Å². The Hall–Kier alpha value is -1.46. The summed E-state index contributed by atoms with van der Waals surface area (Å²) in [6.07, 6.45) is 0. The van der Waals surface area contributed by atoms with E-state index in [9.17, 15) is 10.2 Å². The maximum atomic E-state index is 9.42. The Balaban J connectivity index is 3.19. The van der Waals surface area contributed by atoms with Crippen molar-refractivity contribution in [2.24, 2.45) is 5.73 Å². The van der Waals surface area contributed by atoms with Crippen molar-refractivity contribution in [3.05, 3.63) is 17.7 Å². The molecular weight excluding hydrogens is 186 g/mol. The van der Waals surface area contributed by atoms with Gasteiger partial charge in [0.05, 0.1) is 6.61 Å². The van der Waals surface area contributed by atoms with Crippen LogP contribution < -0.4 is 5.73 Å². The summed E-state index contributed by atoms with van der Waals surface area (Å²) in [6.45, 7) is -0.176. The van der Waals surface area contributed by atoms with Crippen molar-refractivity contribution in [2.75, 3.05) is 13.2 Å². The Bertz CT molecular complexity index is 300. The molecule has 78 valence electrons. The van der Waals surface area contributed by atoms with E-state index < -0.39 is 5.92 Å². The van der Waals surface area contributed by atoms with Gasteiger partial charge in [0.2, 0.25) is 0 Å². The SMILES string of the molecule is NCC(CO)c1c(O)cc(O)cc1O. The lowest BCUT2D eigenvalue weighted by Crippen LogP contribution is -2.16. The van der Waals surface area contributed by atoms with E-state index in [4.69, 9.17) is 15.9 Å². The summed E-state index contributed by atoms with van der Waals surface area (Å²) in [7, 11) is 0. The smallest absolute Gasteiger partial charge is 0.126 e. The Morgan fingerprint density at radius 1 is 1.14 bits per heavy atom. The number of hydrogen-bond acceptors (Lipinski definition) is 5. The summed E-state index contributed by atoms with van der Waals surface area (Å²) in [4.78, 5) is 0. The van der Waals surface area contributed by atoms with E-state index in [1.54, 1.807) is 0 Å². The fourth-order valence-corrected chi connectivity index (χ4v) is 1.31. The van der Waals surface area contributed by atoms with E-state index in [0.29, 0.717) is 0 Å². The number of phenolic OH excluding ortho intramolecular Hbond substituents is 3. The van der Waals surface area contributed by atoms with E-state index in [0.717, 1.165) is 12.1 Å². The topological polar surface area (TPSA) is 107 Å². The summed E-state index contributed by atoms with van der Waals surface area (Å²) in [6, 6.07) is 2.18. The third kappa shape index (κ3) is 1.89. The van der Waals surface area contributed by atoms with Crippen LogP contribution in [0, 0.1) is 0 Å². The molecule has 5 heteroatoms. The fraction of sp³-hybridized carbons (Fsp3) is 0.333. The average molecular weight is 199 g/mol. The van der Waals surface area contributed by atoms with Gasteiger partial charge in [-0.25, -0.2) is 0 Å². The van der Waals surface area contributed by atoms with Gasteiger partial charge in [-0.3, -0.25) is 0 Å². The first kappa shape index (κ1) is 10.6. The Labute approximate surface area is 81.0 Å². The lowest BCUT2D eigenvalue weighted by Gasteiger charge is -2.15. The van der Waals surface area contributed by atoms with E-state index in [1.165, 1.54) is 0 Å². The average Bonchev–Trinajstić information content (AvgIpc) is 2.10. The fourth-order valence-electron chi connectivity index (χ4n) is 1.31. The van der Waals surface area contributed by atoms with Gasteiger partial charge in [-0.05, 0) is 0 Å². The van der Waals surface area contributed by atoms with E-state index in [2.05, 4.69) is 0 Å². The molecule has 1 unspecified atom stereocenters. The van der Waals surface area contributed by atoms with Crippen LogP contribution in [0.15, 0.2) is 12.1 Å². The molecule has 1 aromatic carbocycles. The minimum absolute atomic E-state index is 0.0996. The van der Waals surface area contributed by atoms with Gasteiger partial charge in [-0.1, -0.05) is 0 Å². The lowest BCUT2D eigenvalue weighted by molar-refractivity contribution is 0.261. The van der Waals surface area contributed by atoms with Crippen LogP contribution in [-0.4, -0.2) is 33.6 Å². The molecule has 0 saturated carbocycles. The first-order valence-electron chi connectivity index (χ1n) is 4.16. The minimum Gasteiger partial charge on any atom is -0.508 e. The third-order valence-electron chi connectivity index (χ3n) is 2.03. The summed E-state index contributed by atoms with van der Waals surface area (Å²) in [5, 5.41) is 36.8. The molecule has 0 spiro atoms. The molecule has 6 N–H and O–H groups in total. The van der Waals surface area contributed by atoms with E-state index in [1.807, 2.05) is 0 Å². The first-order valence-corrected chi connectivity index (χ1v) is 4.16. The number of aliphatic hydroxyl groups is 1. The second kappa shape index (κ2) is 4.17. The zero-order chi connectivity index (χ0) is 10.7. The van der Waals surface area contributed by atoms with Crippen molar-refractivity contribution in [1.29, 1.82) is 0 Å². The second-order valence-corrected chi connectivity index (χ2v) is 3.01. The molecule has 0 aliphatic carbocycles. The van der Waals surface area contributed by atoms with Crippen molar-refractivity contribution in [3.63, 3.8) is 0 Å². The number of aliphatic hydroxyl groups excluding tert-OH is 1. The molecule has 1 aromatic rings. The van der Waals surface area contributed by atoms with Gasteiger partial charge in [-0.2, -0.15) is 0 Å². The van der Waals surface area contributed by atoms with Crippen molar-refractivity contribution >= 4 is 0 Å². The maximum absolute atomic E-state index is 9.42. The zero-order valence-corrected chi connectivity index (χ0v) is 7.51. The van der Waals surface area contributed by atoms with E-state index >= 15 is 0 Å². The Morgan fingerprint density at radius 2 is 1.64 bits per heavy atom. The third-order valence-corrected chi connectivity index (χ3v) is 2.03. The molecule has 1 rings (SSSR count). The first-order chi connectivity index (χ1) is 6.60. The normalized spacial score (nSPS) is 12.7. The molecule has 0 heterocycles. The molecule has 0 saturated heterocycles. The number of benzene rings is 1. The van der Waals surface area contributed by atoms with Crippen LogP contribution in [0.4, 0.5) is 0 Å². The zero-order valence-electron chi connectivity index (χ0n) is 7.51. The maximum Gasteiger partial charge on any atom is 0.126 e. The summed E-state index contributed by atoms with van der Waals surface area (Å²) in [5.74, 6) is -1.31. The molecular formula is C9H13NO4. The molecule has 5 nitrogen and oxygen atoms in total. The molecule has 0 fully saturated rings. The predicted molar refractivity (Wildman–Crippen MR) is 50.3 cm³/mol. The number of phenols is 3. The molecule has 0 aliphatic rings. The number of hydrogen-bond donors (Lipinski definition) is 5. The highest BCUT2D eigenvalue weighted by atomic mass is 16.3. The van der Waals surface area contributed by atoms with Crippen LogP contribution in [0.3, 0.4) is 0 Å². The van der Waals surface area contributed by atoms with Crippen LogP contribution in [0.5, 0.6) is 17.2 Å². The minimum atomic E-state index is -0.532. The highest BCUT2D eigenvalue weighted by Gasteiger charge is 2.18. The number of rotatable bonds is 3. The monoisotopic (exact) mass is 199 g/mol. The van der Waals surface area contributed by atoms with Crippen LogP contribution in [-0.2, 0) is 0 Å². The van der Waals surface area contributed by atoms with Crippen LogP contribution in [0.25, 0.3) is 0 Å². The molecule has 0 radical (unpaired) electrons.